The Balaban J connectivity index is 2.89. The summed E-state index contributed by atoms with van der Waals surface area (Å²) in [6.07, 6.45) is 1.17. The summed E-state index contributed by atoms with van der Waals surface area (Å²) >= 11 is 5.45. The van der Waals surface area contributed by atoms with E-state index in [9.17, 15) is 9.18 Å². The van der Waals surface area contributed by atoms with Crippen LogP contribution in [0.15, 0.2) is 18.2 Å². The summed E-state index contributed by atoms with van der Waals surface area (Å²) in [4.78, 5) is 10.4. The highest BCUT2D eigenvalue weighted by molar-refractivity contribution is 6.30. The first-order valence-corrected chi connectivity index (χ1v) is 3.56. The minimum absolute atomic E-state index is 0.0231. The van der Waals surface area contributed by atoms with E-state index in [2.05, 4.69) is 0 Å². The lowest BCUT2D eigenvalue weighted by Gasteiger charge is -1.98. The van der Waals surface area contributed by atoms with Crippen molar-refractivity contribution in [2.75, 3.05) is 0 Å². The van der Waals surface area contributed by atoms with Crippen LogP contribution in [-0.4, -0.2) is 5.91 Å². The maximum Gasteiger partial charge on any atom is 0.226 e. The molecule has 12 heavy (non-hydrogen) atoms. The molecule has 0 aromatic heterocycles. The van der Waals surface area contributed by atoms with Crippen LogP contribution in [-0.2, 0) is 4.79 Å². The Kier molecular flexibility index (Phi) is 2.65. The van der Waals surface area contributed by atoms with Crippen LogP contribution in [0.4, 0.5) is 4.39 Å². The molecule has 2 N–H and O–H groups in total. The van der Waals surface area contributed by atoms with Crippen molar-refractivity contribution in [1.82, 2.24) is 0 Å². The molecular formula is C8H6ClFNO. The van der Waals surface area contributed by atoms with Gasteiger partial charge in [-0.1, -0.05) is 17.7 Å². The maximum atomic E-state index is 12.6. The average Bonchev–Trinajstić information content (AvgIpc) is 1.96. The summed E-state index contributed by atoms with van der Waals surface area (Å²) in [6.45, 7) is 0. The van der Waals surface area contributed by atoms with Gasteiger partial charge in [-0.05, 0) is 17.7 Å². The summed E-state index contributed by atoms with van der Waals surface area (Å²) in [7, 11) is 0. The number of rotatable bonds is 2. The Morgan fingerprint density at radius 1 is 1.58 bits per heavy atom. The molecule has 0 saturated heterocycles. The average molecular weight is 187 g/mol. The Bertz CT molecular complexity index is 314. The molecule has 0 spiro atoms. The minimum atomic E-state index is -0.585. The fourth-order valence-corrected chi connectivity index (χ4v) is 0.955. The molecule has 1 rings (SSSR count). The molecule has 0 unspecified atom stereocenters. The van der Waals surface area contributed by atoms with Gasteiger partial charge in [-0.3, -0.25) is 4.79 Å². The number of primary amides is 1. The third-order valence-electron chi connectivity index (χ3n) is 1.25. The van der Waals surface area contributed by atoms with Crippen molar-refractivity contribution in [2.45, 2.75) is 0 Å². The zero-order valence-electron chi connectivity index (χ0n) is 6.05. The van der Waals surface area contributed by atoms with Gasteiger partial charge in [0, 0.05) is 0 Å². The molecule has 1 aromatic rings. The van der Waals surface area contributed by atoms with Crippen molar-refractivity contribution >= 4 is 17.5 Å². The number of amides is 1. The van der Waals surface area contributed by atoms with E-state index in [-0.39, 0.29) is 5.02 Å². The smallest absolute Gasteiger partial charge is 0.226 e. The Morgan fingerprint density at radius 2 is 2.25 bits per heavy atom. The molecule has 0 atom stereocenters. The zero-order valence-corrected chi connectivity index (χ0v) is 6.81. The number of benzene rings is 1. The number of nitrogens with two attached hydrogens (primary N) is 1. The van der Waals surface area contributed by atoms with Crippen LogP contribution in [0.5, 0.6) is 0 Å². The summed E-state index contributed by atoms with van der Waals surface area (Å²) in [5.41, 5.74) is 5.38. The molecule has 1 aromatic carbocycles. The molecule has 2 nitrogen and oxygen atoms in total. The van der Waals surface area contributed by atoms with E-state index >= 15 is 0 Å². The van der Waals surface area contributed by atoms with Crippen LogP contribution in [0.3, 0.4) is 0 Å². The van der Waals surface area contributed by atoms with Crippen molar-refractivity contribution in [1.29, 1.82) is 0 Å². The highest BCUT2D eigenvalue weighted by Gasteiger charge is 2.03. The number of hydrogen-bond acceptors (Lipinski definition) is 1. The van der Waals surface area contributed by atoms with E-state index in [0.717, 1.165) is 0 Å². The quantitative estimate of drug-likeness (QED) is 0.748. The van der Waals surface area contributed by atoms with Gasteiger partial charge in [0.2, 0.25) is 5.91 Å². The molecule has 0 aliphatic heterocycles. The van der Waals surface area contributed by atoms with E-state index in [1.54, 1.807) is 0 Å². The predicted molar refractivity (Wildman–Crippen MR) is 44.0 cm³/mol. The molecule has 0 fully saturated rings. The summed E-state index contributed by atoms with van der Waals surface area (Å²) in [5, 5.41) is -0.0231. The van der Waals surface area contributed by atoms with Gasteiger partial charge in [-0.15, -0.1) is 0 Å². The summed E-state index contributed by atoms with van der Waals surface area (Å²) < 4.78 is 12.6. The van der Waals surface area contributed by atoms with Crippen molar-refractivity contribution in [3.05, 3.63) is 41.0 Å². The first-order chi connectivity index (χ1) is 5.59. The zero-order chi connectivity index (χ0) is 9.14. The second kappa shape index (κ2) is 3.54. The summed E-state index contributed by atoms with van der Waals surface area (Å²) in [5.74, 6) is -1.10. The lowest BCUT2D eigenvalue weighted by molar-refractivity contribution is -0.114. The maximum absolute atomic E-state index is 12.6. The lowest BCUT2D eigenvalue weighted by Crippen LogP contribution is -2.11. The van der Waals surface area contributed by atoms with Crippen molar-refractivity contribution in [3.8, 4) is 0 Å². The Labute approximate surface area is 74.1 Å². The molecule has 1 amide bonds. The van der Waals surface area contributed by atoms with Crippen molar-refractivity contribution < 1.29 is 9.18 Å². The molecule has 1 radical (unpaired) electrons. The van der Waals surface area contributed by atoms with E-state index in [1.165, 1.54) is 24.6 Å². The van der Waals surface area contributed by atoms with Crippen molar-refractivity contribution in [3.63, 3.8) is 0 Å². The number of carbonyl (C=O) groups is 1. The van der Waals surface area contributed by atoms with Crippen LogP contribution in [0.1, 0.15) is 5.56 Å². The molecular weight excluding hydrogens is 181 g/mol. The van der Waals surface area contributed by atoms with E-state index in [4.69, 9.17) is 17.3 Å². The van der Waals surface area contributed by atoms with Gasteiger partial charge >= 0.3 is 0 Å². The molecule has 4 heteroatoms. The lowest BCUT2D eigenvalue weighted by atomic mass is 10.1. The molecule has 0 bridgehead atoms. The number of hydrogen-bond donors (Lipinski definition) is 1. The van der Waals surface area contributed by atoms with Crippen LogP contribution >= 0.6 is 11.6 Å². The second-order valence-electron chi connectivity index (χ2n) is 2.22. The monoisotopic (exact) mass is 186 g/mol. The number of halogens is 2. The van der Waals surface area contributed by atoms with Crippen LogP contribution < -0.4 is 5.73 Å². The largest absolute Gasteiger partial charge is 0.369 e. The van der Waals surface area contributed by atoms with Crippen LogP contribution in [0.2, 0.25) is 5.02 Å². The highest BCUT2D eigenvalue weighted by Crippen LogP contribution is 2.16. The predicted octanol–water partition coefficient (Wildman–Crippen LogP) is 1.52. The Morgan fingerprint density at radius 3 is 2.75 bits per heavy atom. The van der Waals surface area contributed by atoms with E-state index in [0.29, 0.717) is 5.56 Å². The van der Waals surface area contributed by atoms with Gasteiger partial charge in [-0.25, -0.2) is 4.39 Å². The fourth-order valence-electron chi connectivity index (χ4n) is 0.766. The minimum Gasteiger partial charge on any atom is -0.369 e. The van der Waals surface area contributed by atoms with Gasteiger partial charge in [0.25, 0.3) is 0 Å². The number of carbonyl (C=O) groups excluding carboxylic acids is 1. The third-order valence-corrected chi connectivity index (χ3v) is 1.54. The molecule has 0 heterocycles. The molecule has 0 saturated carbocycles. The molecule has 63 valence electrons. The van der Waals surface area contributed by atoms with E-state index in [1.807, 2.05) is 0 Å². The molecule has 0 aliphatic rings. The first-order valence-electron chi connectivity index (χ1n) is 3.19. The standard InChI is InChI=1S/C8H6ClFNO/c9-6-3-5(4-8(11)12)1-2-7(6)10/h1-4H,(H2,11,12). The SMILES string of the molecule is NC(=O)[CH]c1ccc(F)c(Cl)c1. The normalized spacial score (nSPS) is 9.83. The van der Waals surface area contributed by atoms with Crippen molar-refractivity contribution in [2.24, 2.45) is 5.73 Å². The summed E-state index contributed by atoms with van der Waals surface area (Å²) in [6, 6.07) is 3.94. The second-order valence-corrected chi connectivity index (χ2v) is 2.63. The highest BCUT2D eigenvalue weighted by atomic mass is 35.5. The topological polar surface area (TPSA) is 43.1 Å². The van der Waals surface area contributed by atoms with Gasteiger partial charge in [0.15, 0.2) is 0 Å². The third kappa shape index (κ3) is 2.20. The van der Waals surface area contributed by atoms with Gasteiger partial charge in [0.1, 0.15) is 5.82 Å². The molecule has 0 aliphatic carbocycles. The first kappa shape index (κ1) is 9.00. The van der Waals surface area contributed by atoms with Gasteiger partial charge in [0.05, 0.1) is 11.4 Å². The van der Waals surface area contributed by atoms with Crippen LogP contribution in [0, 0.1) is 12.2 Å². The van der Waals surface area contributed by atoms with Gasteiger partial charge < -0.3 is 5.73 Å². The van der Waals surface area contributed by atoms with Gasteiger partial charge in [-0.2, -0.15) is 0 Å². The van der Waals surface area contributed by atoms with Crippen LogP contribution in [0.25, 0.3) is 0 Å². The Hall–Kier alpha value is -1.09. The van der Waals surface area contributed by atoms with E-state index < -0.39 is 11.7 Å². The fraction of sp³-hybridized carbons (Fsp3) is 0.